The number of likely N-dealkylation sites (tertiary alicyclic amines) is 1. The van der Waals surface area contributed by atoms with Crippen molar-refractivity contribution in [2.75, 3.05) is 20.6 Å². The lowest BCUT2D eigenvalue weighted by atomic mass is 9.48. The van der Waals surface area contributed by atoms with Crippen molar-refractivity contribution in [2.24, 2.45) is 17.3 Å². The van der Waals surface area contributed by atoms with Crippen LogP contribution < -0.4 is 0 Å². The fourth-order valence-corrected chi connectivity index (χ4v) is 8.10. The Morgan fingerprint density at radius 2 is 1.83 bits per heavy atom. The summed E-state index contributed by atoms with van der Waals surface area (Å²) in [5.41, 5.74) is 0.193. The van der Waals surface area contributed by atoms with Crippen LogP contribution in [0.1, 0.15) is 57.8 Å². The molecule has 4 saturated carbocycles. The number of halogens is 1. The van der Waals surface area contributed by atoms with E-state index in [1.165, 1.54) is 32.1 Å². The van der Waals surface area contributed by atoms with Crippen LogP contribution in [0.3, 0.4) is 0 Å². The summed E-state index contributed by atoms with van der Waals surface area (Å²) in [6.45, 7) is 0.755. The maximum absolute atomic E-state index is 13.1. The summed E-state index contributed by atoms with van der Waals surface area (Å²) < 4.78 is 0.293. The molecule has 5 rings (SSSR count). The first-order valence-electron chi connectivity index (χ1n) is 9.49. The summed E-state index contributed by atoms with van der Waals surface area (Å²) in [6.07, 6.45) is 10.00. The molecule has 1 heterocycles. The number of nitrogens with zero attached hydrogens (tertiary/aromatic N) is 2. The molecule has 4 nitrogen and oxygen atoms in total. The lowest BCUT2D eigenvalue weighted by Crippen LogP contribution is -2.55. The van der Waals surface area contributed by atoms with Crippen molar-refractivity contribution in [2.45, 2.75) is 68.2 Å². The molecule has 5 aliphatic rings. The van der Waals surface area contributed by atoms with Gasteiger partial charge in [-0.15, -0.1) is 0 Å². The van der Waals surface area contributed by atoms with Gasteiger partial charge in [0.25, 0.3) is 0 Å². The Labute approximate surface area is 153 Å². The molecule has 0 N–H and O–H groups in total. The van der Waals surface area contributed by atoms with E-state index in [-0.39, 0.29) is 23.3 Å². The van der Waals surface area contributed by atoms with Crippen molar-refractivity contribution in [1.29, 1.82) is 0 Å². The quantitative estimate of drug-likeness (QED) is 0.687. The van der Waals surface area contributed by atoms with Gasteiger partial charge in [-0.2, -0.15) is 0 Å². The summed E-state index contributed by atoms with van der Waals surface area (Å²) >= 11 is 4.03. The van der Waals surface area contributed by atoms with Gasteiger partial charge in [0.2, 0.25) is 11.8 Å². The largest absolute Gasteiger partial charge is 0.347 e. The Hall–Kier alpha value is -0.580. The topological polar surface area (TPSA) is 40.6 Å². The van der Waals surface area contributed by atoms with Gasteiger partial charge in [0.05, 0.1) is 0 Å². The molecule has 1 aliphatic heterocycles. The van der Waals surface area contributed by atoms with Crippen LogP contribution in [0.2, 0.25) is 0 Å². The molecule has 3 unspecified atom stereocenters. The first-order valence-corrected chi connectivity index (χ1v) is 10.3. The van der Waals surface area contributed by atoms with E-state index >= 15 is 0 Å². The standard InChI is InChI=1S/C19H29BrN2O2/c1-21(2)17(24)15-4-3-5-22(15)16(23)11-18-7-13-6-14(8-18)10-19(20,9-13)12-18/h13-15H,3-12H2,1-2H3. The van der Waals surface area contributed by atoms with E-state index < -0.39 is 0 Å². The number of amides is 2. The Bertz CT molecular complexity index is 548. The zero-order valence-electron chi connectivity index (χ0n) is 14.9. The van der Waals surface area contributed by atoms with E-state index in [2.05, 4.69) is 15.9 Å². The second kappa shape index (κ2) is 5.72. The first-order chi connectivity index (χ1) is 11.3. The van der Waals surface area contributed by atoms with E-state index in [4.69, 9.17) is 0 Å². The lowest BCUT2D eigenvalue weighted by molar-refractivity contribution is -0.146. The molecule has 0 aromatic heterocycles. The van der Waals surface area contributed by atoms with Crippen molar-refractivity contribution < 1.29 is 9.59 Å². The van der Waals surface area contributed by atoms with E-state index in [1.54, 1.807) is 19.0 Å². The second-order valence-corrected chi connectivity index (χ2v) is 10.9. The minimum atomic E-state index is -0.223. The van der Waals surface area contributed by atoms with E-state index in [9.17, 15) is 9.59 Å². The summed E-state index contributed by atoms with van der Waals surface area (Å²) in [5.74, 6) is 1.92. The maximum Gasteiger partial charge on any atom is 0.244 e. The number of hydrogen-bond acceptors (Lipinski definition) is 2. The third-order valence-corrected chi connectivity index (χ3v) is 7.86. The predicted octanol–water partition coefficient (Wildman–Crippen LogP) is 3.19. The average molecular weight is 397 g/mol. The molecule has 5 fully saturated rings. The van der Waals surface area contributed by atoms with Crippen LogP contribution in [0.25, 0.3) is 0 Å². The van der Waals surface area contributed by atoms with Gasteiger partial charge in [-0.3, -0.25) is 9.59 Å². The van der Waals surface area contributed by atoms with Crippen LogP contribution in [0, 0.1) is 17.3 Å². The van der Waals surface area contributed by atoms with Gasteiger partial charge in [0.15, 0.2) is 0 Å². The number of carbonyl (C=O) groups excluding carboxylic acids is 2. The van der Waals surface area contributed by atoms with Crippen LogP contribution in [0.4, 0.5) is 0 Å². The fraction of sp³-hybridized carbons (Fsp3) is 0.895. The van der Waals surface area contributed by atoms with Crippen LogP contribution in [-0.4, -0.2) is 52.6 Å². The van der Waals surface area contributed by atoms with E-state index in [1.807, 2.05) is 4.90 Å². The van der Waals surface area contributed by atoms with Gasteiger partial charge in [-0.1, -0.05) is 15.9 Å². The van der Waals surface area contributed by atoms with E-state index in [0.717, 1.165) is 37.6 Å². The fourth-order valence-electron chi connectivity index (χ4n) is 6.59. The average Bonchev–Trinajstić information content (AvgIpc) is 2.92. The number of alkyl halides is 1. The molecule has 3 atom stereocenters. The summed E-state index contributed by atoms with van der Waals surface area (Å²) in [6, 6.07) is -0.223. The summed E-state index contributed by atoms with van der Waals surface area (Å²) in [5, 5.41) is 0. The second-order valence-electron chi connectivity index (χ2n) is 9.27. The monoisotopic (exact) mass is 396 g/mol. The highest BCUT2D eigenvalue weighted by Gasteiger charge is 2.57. The Morgan fingerprint density at radius 1 is 1.17 bits per heavy atom. The Kier molecular flexibility index (Phi) is 4.02. The van der Waals surface area contributed by atoms with E-state index in [0.29, 0.717) is 10.7 Å². The highest BCUT2D eigenvalue weighted by atomic mass is 79.9. The molecule has 2 amide bonds. The molecule has 4 aliphatic carbocycles. The smallest absolute Gasteiger partial charge is 0.244 e. The molecule has 0 aromatic rings. The first kappa shape index (κ1) is 16.9. The zero-order valence-corrected chi connectivity index (χ0v) is 16.5. The Balaban J connectivity index is 1.49. The normalized spacial score (nSPS) is 43.3. The number of carbonyl (C=O) groups is 2. The van der Waals surface area contributed by atoms with Gasteiger partial charge < -0.3 is 9.80 Å². The van der Waals surface area contributed by atoms with Gasteiger partial charge >= 0.3 is 0 Å². The molecule has 4 bridgehead atoms. The number of rotatable bonds is 3. The van der Waals surface area contributed by atoms with Gasteiger partial charge in [0.1, 0.15) is 6.04 Å². The van der Waals surface area contributed by atoms with Crippen molar-refractivity contribution in [3.8, 4) is 0 Å². The third-order valence-electron chi connectivity index (χ3n) is 6.94. The third kappa shape index (κ3) is 2.81. The van der Waals surface area contributed by atoms with Gasteiger partial charge in [0, 0.05) is 31.4 Å². The van der Waals surface area contributed by atoms with Crippen molar-refractivity contribution in [3.63, 3.8) is 0 Å². The van der Waals surface area contributed by atoms with Gasteiger partial charge in [-0.25, -0.2) is 0 Å². The minimum Gasteiger partial charge on any atom is -0.347 e. The van der Waals surface area contributed by atoms with Crippen LogP contribution in [-0.2, 0) is 9.59 Å². The van der Waals surface area contributed by atoms with Crippen molar-refractivity contribution in [3.05, 3.63) is 0 Å². The zero-order chi connectivity index (χ0) is 17.1. The molecule has 1 saturated heterocycles. The highest BCUT2D eigenvalue weighted by molar-refractivity contribution is 9.10. The maximum atomic E-state index is 13.1. The molecule has 5 heteroatoms. The molecular weight excluding hydrogens is 368 g/mol. The van der Waals surface area contributed by atoms with Gasteiger partial charge in [-0.05, 0) is 68.6 Å². The molecule has 24 heavy (non-hydrogen) atoms. The highest BCUT2D eigenvalue weighted by Crippen LogP contribution is 2.65. The molecular formula is C19H29BrN2O2. The van der Waals surface area contributed by atoms with Crippen molar-refractivity contribution >= 4 is 27.7 Å². The molecule has 0 spiro atoms. The lowest BCUT2D eigenvalue weighted by Gasteiger charge is -2.60. The van der Waals surface area contributed by atoms with Crippen LogP contribution in [0.5, 0.6) is 0 Å². The number of hydrogen-bond donors (Lipinski definition) is 0. The van der Waals surface area contributed by atoms with Crippen LogP contribution >= 0.6 is 15.9 Å². The summed E-state index contributed by atoms with van der Waals surface area (Å²) in [7, 11) is 3.58. The SMILES string of the molecule is CN(C)C(=O)C1CCCN1C(=O)CC12CC3CC(CC(Br)(C3)C1)C2. The molecule has 0 radical (unpaired) electrons. The minimum absolute atomic E-state index is 0.0864. The molecule has 0 aromatic carbocycles. The number of likely N-dealkylation sites (N-methyl/N-ethyl adjacent to an activating group) is 1. The predicted molar refractivity (Wildman–Crippen MR) is 96.8 cm³/mol. The van der Waals surface area contributed by atoms with Crippen molar-refractivity contribution in [1.82, 2.24) is 9.80 Å². The Morgan fingerprint density at radius 3 is 2.42 bits per heavy atom. The van der Waals surface area contributed by atoms with Crippen LogP contribution in [0.15, 0.2) is 0 Å². The summed E-state index contributed by atoms with van der Waals surface area (Å²) in [4.78, 5) is 29.0. The molecule has 134 valence electrons.